The van der Waals surface area contributed by atoms with E-state index >= 15 is 0 Å². The third-order valence-corrected chi connectivity index (χ3v) is 3.40. The van der Waals surface area contributed by atoms with Crippen molar-refractivity contribution in [2.45, 2.75) is 26.7 Å². The van der Waals surface area contributed by atoms with Crippen LogP contribution in [0.3, 0.4) is 0 Å². The number of benzene rings is 1. The van der Waals surface area contributed by atoms with Gasteiger partial charge in [0.1, 0.15) is 5.56 Å². The molecule has 1 amide bonds. The van der Waals surface area contributed by atoms with Crippen LogP contribution in [0.5, 0.6) is 0 Å². The molecule has 0 atom stereocenters. The van der Waals surface area contributed by atoms with E-state index in [1.807, 2.05) is 44.2 Å². The zero-order valence-corrected chi connectivity index (χ0v) is 13.1. The SMILES string of the molecule is Cc1noc(C(C)C)c1C(=O)Nc1cn(-c2ccccc2)nn1. The van der Waals surface area contributed by atoms with E-state index in [2.05, 4.69) is 20.8 Å². The fourth-order valence-electron chi connectivity index (χ4n) is 2.26. The van der Waals surface area contributed by atoms with Gasteiger partial charge >= 0.3 is 0 Å². The summed E-state index contributed by atoms with van der Waals surface area (Å²) in [5.41, 5.74) is 1.88. The highest BCUT2D eigenvalue weighted by atomic mass is 16.5. The van der Waals surface area contributed by atoms with Gasteiger partial charge in [0.25, 0.3) is 5.91 Å². The highest BCUT2D eigenvalue weighted by molar-refractivity contribution is 6.05. The number of anilines is 1. The Labute approximate surface area is 133 Å². The maximum absolute atomic E-state index is 12.5. The topological polar surface area (TPSA) is 85.8 Å². The van der Waals surface area contributed by atoms with Gasteiger partial charge in [0.2, 0.25) is 0 Å². The summed E-state index contributed by atoms with van der Waals surface area (Å²) in [5.74, 6) is 0.703. The third-order valence-electron chi connectivity index (χ3n) is 3.40. The van der Waals surface area contributed by atoms with Crippen molar-refractivity contribution in [1.82, 2.24) is 20.2 Å². The highest BCUT2D eigenvalue weighted by Crippen LogP contribution is 2.23. The molecule has 0 aliphatic rings. The smallest absolute Gasteiger partial charge is 0.262 e. The molecular formula is C16H17N5O2. The van der Waals surface area contributed by atoms with E-state index in [4.69, 9.17) is 4.52 Å². The maximum Gasteiger partial charge on any atom is 0.262 e. The lowest BCUT2D eigenvalue weighted by molar-refractivity contribution is 0.102. The van der Waals surface area contributed by atoms with Crippen LogP contribution in [0.25, 0.3) is 5.69 Å². The van der Waals surface area contributed by atoms with E-state index in [9.17, 15) is 4.79 Å². The van der Waals surface area contributed by atoms with E-state index in [1.165, 1.54) is 0 Å². The number of hydrogen-bond donors (Lipinski definition) is 1. The number of amides is 1. The second kappa shape index (κ2) is 6.04. The fraction of sp³-hybridized carbons (Fsp3) is 0.250. The summed E-state index contributed by atoms with van der Waals surface area (Å²) in [7, 11) is 0. The first kappa shape index (κ1) is 15.0. The van der Waals surface area contributed by atoms with Crippen LogP contribution in [0.1, 0.15) is 41.6 Å². The van der Waals surface area contributed by atoms with Gasteiger partial charge in [-0.05, 0) is 19.1 Å². The summed E-state index contributed by atoms with van der Waals surface area (Å²) in [6.07, 6.45) is 1.66. The van der Waals surface area contributed by atoms with Crippen molar-refractivity contribution in [3.8, 4) is 5.69 Å². The van der Waals surface area contributed by atoms with Gasteiger partial charge in [0, 0.05) is 5.92 Å². The number of rotatable bonds is 4. The Kier molecular flexibility index (Phi) is 3.92. The fourth-order valence-corrected chi connectivity index (χ4v) is 2.26. The summed E-state index contributed by atoms with van der Waals surface area (Å²) in [5, 5.41) is 14.6. The zero-order valence-electron chi connectivity index (χ0n) is 13.1. The summed E-state index contributed by atoms with van der Waals surface area (Å²) in [6, 6.07) is 9.54. The highest BCUT2D eigenvalue weighted by Gasteiger charge is 2.23. The Hall–Kier alpha value is -2.96. The van der Waals surface area contributed by atoms with Crippen molar-refractivity contribution < 1.29 is 9.32 Å². The molecule has 1 aromatic carbocycles. The molecule has 118 valence electrons. The normalized spacial score (nSPS) is 11.0. The van der Waals surface area contributed by atoms with E-state index in [0.29, 0.717) is 22.8 Å². The molecule has 7 heteroatoms. The molecule has 0 bridgehead atoms. The van der Waals surface area contributed by atoms with E-state index < -0.39 is 0 Å². The minimum Gasteiger partial charge on any atom is -0.360 e. The van der Waals surface area contributed by atoms with Gasteiger partial charge in [-0.1, -0.05) is 42.4 Å². The first-order valence-electron chi connectivity index (χ1n) is 7.31. The Balaban J connectivity index is 1.82. The monoisotopic (exact) mass is 311 g/mol. The second-order valence-corrected chi connectivity index (χ2v) is 5.50. The lowest BCUT2D eigenvalue weighted by Gasteiger charge is -2.04. The van der Waals surface area contributed by atoms with Crippen LogP contribution in [0.4, 0.5) is 5.82 Å². The maximum atomic E-state index is 12.5. The minimum atomic E-state index is -0.299. The number of carbonyl (C=O) groups is 1. The average molecular weight is 311 g/mol. The quantitative estimate of drug-likeness (QED) is 0.800. The molecular weight excluding hydrogens is 294 g/mol. The van der Waals surface area contributed by atoms with Crippen LogP contribution in [0.15, 0.2) is 41.1 Å². The van der Waals surface area contributed by atoms with Crippen LogP contribution in [0.2, 0.25) is 0 Å². The van der Waals surface area contributed by atoms with Crippen LogP contribution >= 0.6 is 0 Å². The molecule has 2 aromatic heterocycles. The summed E-state index contributed by atoms with van der Waals surface area (Å²) >= 11 is 0. The van der Waals surface area contributed by atoms with Crippen LogP contribution in [-0.2, 0) is 0 Å². The predicted molar refractivity (Wildman–Crippen MR) is 84.6 cm³/mol. The van der Waals surface area contributed by atoms with Crippen LogP contribution < -0.4 is 5.32 Å². The largest absolute Gasteiger partial charge is 0.360 e. The van der Waals surface area contributed by atoms with Gasteiger partial charge in [0.05, 0.1) is 17.6 Å². The van der Waals surface area contributed by atoms with Gasteiger partial charge in [0.15, 0.2) is 11.6 Å². The molecule has 2 heterocycles. The molecule has 0 unspecified atom stereocenters. The molecule has 0 spiro atoms. The van der Waals surface area contributed by atoms with E-state index in [1.54, 1.807) is 17.8 Å². The first-order chi connectivity index (χ1) is 11.1. The van der Waals surface area contributed by atoms with Gasteiger partial charge in [-0.25, -0.2) is 4.68 Å². The molecule has 3 rings (SSSR count). The van der Waals surface area contributed by atoms with Crippen molar-refractivity contribution >= 4 is 11.7 Å². The molecule has 0 saturated carbocycles. The van der Waals surface area contributed by atoms with E-state index in [-0.39, 0.29) is 11.8 Å². The summed E-state index contributed by atoms with van der Waals surface area (Å²) in [4.78, 5) is 12.5. The van der Waals surface area contributed by atoms with Crippen LogP contribution in [0, 0.1) is 6.92 Å². The molecule has 7 nitrogen and oxygen atoms in total. The molecule has 3 aromatic rings. The Bertz CT molecular complexity index is 820. The van der Waals surface area contributed by atoms with Crippen molar-refractivity contribution in [3.63, 3.8) is 0 Å². The molecule has 0 aliphatic heterocycles. The molecule has 0 saturated heterocycles. The summed E-state index contributed by atoms with van der Waals surface area (Å²) < 4.78 is 6.83. The van der Waals surface area contributed by atoms with Crippen molar-refractivity contribution in [3.05, 3.63) is 53.5 Å². The molecule has 1 N–H and O–H groups in total. The number of aromatic nitrogens is 4. The molecule has 0 radical (unpaired) electrons. The summed E-state index contributed by atoms with van der Waals surface area (Å²) in [6.45, 7) is 5.63. The van der Waals surface area contributed by atoms with Crippen LogP contribution in [-0.4, -0.2) is 26.1 Å². The van der Waals surface area contributed by atoms with Gasteiger partial charge in [-0.3, -0.25) is 4.79 Å². The predicted octanol–water partition coefficient (Wildman–Crippen LogP) is 2.94. The lowest BCUT2D eigenvalue weighted by Crippen LogP contribution is -2.15. The second-order valence-electron chi connectivity index (χ2n) is 5.50. The Morgan fingerprint density at radius 2 is 2.00 bits per heavy atom. The van der Waals surface area contributed by atoms with Gasteiger partial charge < -0.3 is 9.84 Å². The Morgan fingerprint density at radius 1 is 1.26 bits per heavy atom. The number of nitrogens with zero attached hydrogens (tertiary/aromatic N) is 4. The van der Waals surface area contributed by atoms with E-state index in [0.717, 1.165) is 5.69 Å². The molecule has 0 aliphatic carbocycles. The van der Waals surface area contributed by atoms with Crippen molar-refractivity contribution in [1.29, 1.82) is 0 Å². The van der Waals surface area contributed by atoms with Gasteiger partial charge in [-0.2, -0.15) is 0 Å². The van der Waals surface area contributed by atoms with Gasteiger partial charge in [-0.15, -0.1) is 5.10 Å². The standard InChI is InChI=1S/C16H17N5O2/c1-10(2)15-14(11(3)19-23-15)16(22)17-13-9-21(20-18-13)12-7-5-4-6-8-12/h4-10H,1-3H3,(H,17,22). The van der Waals surface area contributed by atoms with Crippen molar-refractivity contribution in [2.75, 3.05) is 5.32 Å². The number of hydrogen-bond acceptors (Lipinski definition) is 5. The first-order valence-corrected chi connectivity index (χ1v) is 7.31. The number of nitrogens with one attached hydrogen (secondary N) is 1. The Morgan fingerprint density at radius 3 is 2.70 bits per heavy atom. The number of carbonyl (C=O) groups excluding carboxylic acids is 1. The minimum absolute atomic E-state index is 0.0666. The average Bonchev–Trinajstić information content (AvgIpc) is 3.15. The number of para-hydroxylation sites is 1. The third kappa shape index (κ3) is 2.98. The lowest BCUT2D eigenvalue weighted by atomic mass is 10.0. The number of aryl methyl sites for hydroxylation is 1. The molecule has 23 heavy (non-hydrogen) atoms. The zero-order chi connectivity index (χ0) is 16.4. The molecule has 0 fully saturated rings. The van der Waals surface area contributed by atoms with Crippen molar-refractivity contribution in [2.24, 2.45) is 0 Å².